The van der Waals surface area contributed by atoms with Gasteiger partial charge in [-0.15, -0.1) is 0 Å². The number of nitrogen functional groups attached to an aromatic ring is 1. The molecule has 0 aliphatic carbocycles. The molecule has 0 bridgehead atoms. The molecule has 3 nitrogen and oxygen atoms in total. The van der Waals surface area contributed by atoms with Crippen molar-refractivity contribution in [3.05, 3.63) is 53.8 Å². The summed E-state index contributed by atoms with van der Waals surface area (Å²) in [4.78, 5) is 0. The van der Waals surface area contributed by atoms with Gasteiger partial charge in [-0.1, -0.05) is 0 Å². The molecule has 3 N–H and O–H groups in total. The Balaban J connectivity index is 2.25. The number of nitrogens with zero attached hydrogens (tertiary/aromatic N) is 1. The number of nitrogens with two attached hydrogens (primary N) is 1. The van der Waals surface area contributed by atoms with Crippen molar-refractivity contribution in [2.45, 2.75) is 0 Å². The SMILES string of the molecule is N#Cc1cc(Nc2ccc(F)cc2)ccc1N. The molecule has 2 rings (SSSR count). The van der Waals surface area contributed by atoms with E-state index in [2.05, 4.69) is 5.32 Å². The van der Waals surface area contributed by atoms with Crippen LogP contribution in [0.3, 0.4) is 0 Å². The Kier molecular flexibility index (Phi) is 2.93. The molecular formula is C13H10FN3. The summed E-state index contributed by atoms with van der Waals surface area (Å²) in [7, 11) is 0. The normalized spacial score (nSPS) is 9.65. The zero-order chi connectivity index (χ0) is 12.3. The maximum atomic E-state index is 12.7. The van der Waals surface area contributed by atoms with Crippen LogP contribution in [0.25, 0.3) is 0 Å². The number of halogens is 1. The average Bonchev–Trinajstić information content (AvgIpc) is 2.34. The minimum absolute atomic E-state index is 0.287. The summed E-state index contributed by atoms with van der Waals surface area (Å²) in [5.74, 6) is -0.287. The van der Waals surface area contributed by atoms with Gasteiger partial charge in [0.05, 0.1) is 5.56 Å². The van der Waals surface area contributed by atoms with E-state index in [9.17, 15) is 4.39 Å². The Bertz CT molecular complexity index is 570. The monoisotopic (exact) mass is 227 g/mol. The summed E-state index contributed by atoms with van der Waals surface area (Å²) in [6.45, 7) is 0. The molecule has 0 aliphatic rings. The second-order valence-corrected chi connectivity index (χ2v) is 3.55. The van der Waals surface area contributed by atoms with Crippen molar-refractivity contribution in [2.24, 2.45) is 0 Å². The Morgan fingerprint density at radius 3 is 2.35 bits per heavy atom. The Labute approximate surface area is 98.3 Å². The number of hydrogen-bond donors (Lipinski definition) is 2. The molecule has 17 heavy (non-hydrogen) atoms. The lowest BCUT2D eigenvalue weighted by molar-refractivity contribution is 0.628. The Morgan fingerprint density at radius 1 is 1.06 bits per heavy atom. The molecule has 0 spiro atoms. The predicted octanol–water partition coefficient (Wildman–Crippen LogP) is 3.02. The topological polar surface area (TPSA) is 61.8 Å². The summed E-state index contributed by atoms with van der Waals surface area (Å²) < 4.78 is 12.7. The molecule has 0 saturated heterocycles. The van der Waals surface area contributed by atoms with E-state index in [-0.39, 0.29) is 5.82 Å². The van der Waals surface area contributed by atoms with E-state index in [1.54, 1.807) is 30.3 Å². The molecule has 4 heteroatoms. The highest BCUT2D eigenvalue weighted by Gasteiger charge is 2.00. The molecule has 0 unspecified atom stereocenters. The van der Waals surface area contributed by atoms with Gasteiger partial charge in [0, 0.05) is 17.1 Å². The van der Waals surface area contributed by atoms with Crippen LogP contribution in [0.2, 0.25) is 0 Å². The van der Waals surface area contributed by atoms with E-state index < -0.39 is 0 Å². The van der Waals surface area contributed by atoms with Gasteiger partial charge in [0.1, 0.15) is 11.9 Å². The highest BCUT2D eigenvalue weighted by molar-refractivity contribution is 5.66. The zero-order valence-corrected chi connectivity index (χ0v) is 8.94. The van der Waals surface area contributed by atoms with Gasteiger partial charge in [-0.2, -0.15) is 5.26 Å². The van der Waals surface area contributed by atoms with Crippen LogP contribution in [0.1, 0.15) is 5.56 Å². The van der Waals surface area contributed by atoms with Crippen molar-refractivity contribution in [2.75, 3.05) is 11.1 Å². The van der Waals surface area contributed by atoms with Gasteiger partial charge < -0.3 is 11.1 Å². The smallest absolute Gasteiger partial charge is 0.123 e. The van der Waals surface area contributed by atoms with Crippen LogP contribution in [0, 0.1) is 17.1 Å². The number of nitrogens with one attached hydrogen (secondary N) is 1. The summed E-state index contributed by atoms with van der Waals surface area (Å²) in [5, 5.41) is 11.9. The number of hydrogen-bond acceptors (Lipinski definition) is 3. The van der Waals surface area contributed by atoms with Crippen molar-refractivity contribution in [3.8, 4) is 6.07 Å². The van der Waals surface area contributed by atoms with Crippen LogP contribution < -0.4 is 11.1 Å². The maximum Gasteiger partial charge on any atom is 0.123 e. The largest absolute Gasteiger partial charge is 0.398 e. The fraction of sp³-hybridized carbons (Fsp3) is 0. The first kappa shape index (κ1) is 11.0. The third-order valence-electron chi connectivity index (χ3n) is 2.31. The molecule has 0 saturated carbocycles. The Hall–Kier alpha value is -2.54. The highest BCUT2D eigenvalue weighted by Crippen LogP contribution is 2.21. The van der Waals surface area contributed by atoms with Gasteiger partial charge in [0.15, 0.2) is 0 Å². The van der Waals surface area contributed by atoms with E-state index in [0.29, 0.717) is 11.3 Å². The summed E-state index contributed by atoms with van der Waals surface area (Å²) in [6, 6.07) is 13.1. The van der Waals surface area contributed by atoms with Crippen molar-refractivity contribution in [1.29, 1.82) is 5.26 Å². The summed E-state index contributed by atoms with van der Waals surface area (Å²) in [6.07, 6.45) is 0. The number of benzene rings is 2. The third-order valence-corrected chi connectivity index (χ3v) is 2.31. The van der Waals surface area contributed by atoms with E-state index in [0.717, 1.165) is 11.4 Å². The van der Waals surface area contributed by atoms with Gasteiger partial charge in [-0.25, -0.2) is 4.39 Å². The molecule has 84 valence electrons. The quantitative estimate of drug-likeness (QED) is 0.775. The van der Waals surface area contributed by atoms with Crippen LogP contribution in [-0.4, -0.2) is 0 Å². The molecule has 2 aromatic rings. The van der Waals surface area contributed by atoms with Gasteiger partial charge in [0.2, 0.25) is 0 Å². The molecule has 0 atom stereocenters. The first-order valence-corrected chi connectivity index (χ1v) is 5.01. The highest BCUT2D eigenvalue weighted by atomic mass is 19.1. The first-order valence-electron chi connectivity index (χ1n) is 5.01. The lowest BCUT2D eigenvalue weighted by Gasteiger charge is -2.07. The zero-order valence-electron chi connectivity index (χ0n) is 8.94. The molecule has 0 radical (unpaired) electrons. The van der Waals surface area contributed by atoms with Crippen LogP contribution in [-0.2, 0) is 0 Å². The van der Waals surface area contributed by atoms with E-state index in [1.165, 1.54) is 12.1 Å². The summed E-state index contributed by atoms with van der Waals surface area (Å²) in [5.41, 5.74) is 7.96. The van der Waals surface area contributed by atoms with Crippen molar-refractivity contribution in [3.63, 3.8) is 0 Å². The number of anilines is 3. The predicted molar refractivity (Wildman–Crippen MR) is 65.3 cm³/mol. The minimum Gasteiger partial charge on any atom is -0.398 e. The van der Waals surface area contributed by atoms with Gasteiger partial charge in [0.25, 0.3) is 0 Å². The van der Waals surface area contributed by atoms with E-state index >= 15 is 0 Å². The number of rotatable bonds is 2. The van der Waals surface area contributed by atoms with Crippen LogP contribution in [0.15, 0.2) is 42.5 Å². The standard InChI is InChI=1S/C13H10FN3/c14-10-1-3-11(4-2-10)17-12-5-6-13(16)9(7-12)8-15/h1-7,17H,16H2. The second-order valence-electron chi connectivity index (χ2n) is 3.55. The fourth-order valence-corrected chi connectivity index (χ4v) is 1.43. The fourth-order valence-electron chi connectivity index (χ4n) is 1.43. The van der Waals surface area contributed by atoms with Crippen molar-refractivity contribution >= 4 is 17.1 Å². The molecule has 0 aromatic heterocycles. The van der Waals surface area contributed by atoms with Crippen molar-refractivity contribution in [1.82, 2.24) is 0 Å². The van der Waals surface area contributed by atoms with Gasteiger partial charge >= 0.3 is 0 Å². The third kappa shape index (κ3) is 2.52. The lowest BCUT2D eigenvalue weighted by Crippen LogP contribution is -1.94. The number of nitriles is 1. The molecule has 0 heterocycles. The van der Waals surface area contributed by atoms with Crippen LogP contribution in [0.5, 0.6) is 0 Å². The summed E-state index contributed by atoms with van der Waals surface area (Å²) >= 11 is 0. The van der Waals surface area contributed by atoms with Gasteiger partial charge in [-0.05, 0) is 42.5 Å². The lowest BCUT2D eigenvalue weighted by atomic mass is 10.1. The van der Waals surface area contributed by atoms with Crippen LogP contribution >= 0.6 is 0 Å². The maximum absolute atomic E-state index is 12.7. The average molecular weight is 227 g/mol. The second kappa shape index (κ2) is 4.54. The minimum atomic E-state index is -0.287. The molecule has 0 amide bonds. The van der Waals surface area contributed by atoms with Gasteiger partial charge in [-0.3, -0.25) is 0 Å². The molecule has 0 fully saturated rings. The van der Waals surface area contributed by atoms with E-state index in [1.807, 2.05) is 6.07 Å². The molecular weight excluding hydrogens is 217 g/mol. The van der Waals surface area contributed by atoms with Crippen molar-refractivity contribution < 1.29 is 4.39 Å². The first-order chi connectivity index (χ1) is 8.19. The molecule has 2 aromatic carbocycles. The van der Waals surface area contributed by atoms with Crippen LogP contribution in [0.4, 0.5) is 21.5 Å². The van der Waals surface area contributed by atoms with E-state index in [4.69, 9.17) is 11.0 Å². The molecule has 0 aliphatic heterocycles. The Morgan fingerprint density at radius 2 is 1.71 bits per heavy atom.